The molecule has 1 N–H and O–H groups in total. The predicted octanol–water partition coefficient (Wildman–Crippen LogP) is 1.52. The van der Waals surface area contributed by atoms with Crippen LogP contribution in [0.25, 0.3) is 0 Å². The van der Waals surface area contributed by atoms with Gasteiger partial charge in [0.1, 0.15) is 5.78 Å². The Labute approximate surface area is 95.8 Å². The Kier molecular flexibility index (Phi) is 3.70. The van der Waals surface area contributed by atoms with E-state index in [4.69, 9.17) is 4.74 Å². The number of ether oxygens (including phenoxy) is 1. The lowest BCUT2D eigenvalue weighted by atomic mass is 10.1. The highest BCUT2D eigenvalue weighted by Crippen LogP contribution is 2.13. The summed E-state index contributed by atoms with van der Waals surface area (Å²) >= 11 is 0. The Balaban J connectivity index is 1.78. The molecule has 0 saturated carbocycles. The normalized spacial score (nSPS) is 24.6. The minimum atomic E-state index is -0.0132. The molecule has 1 heterocycles. The highest BCUT2D eigenvalue weighted by molar-refractivity contribution is 5.81. The summed E-state index contributed by atoms with van der Waals surface area (Å²) in [5.74, 6) is 0.200. The molecule has 3 heteroatoms. The molecule has 0 radical (unpaired) electrons. The second-order valence-corrected chi connectivity index (χ2v) is 4.23. The molecule has 1 aromatic carbocycles. The lowest BCUT2D eigenvalue weighted by Gasteiger charge is -2.10. The highest BCUT2D eigenvalue weighted by atomic mass is 16.5. The molecule has 0 aliphatic carbocycles. The molecular formula is C13H17NO2. The van der Waals surface area contributed by atoms with E-state index in [0.29, 0.717) is 6.61 Å². The molecule has 0 unspecified atom stereocenters. The Bertz CT molecular complexity index is 350. The molecular weight excluding hydrogens is 202 g/mol. The van der Waals surface area contributed by atoms with Gasteiger partial charge in [-0.25, -0.2) is 0 Å². The monoisotopic (exact) mass is 219 g/mol. The fourth-order valence-electron chi connectivity index (χ4n) is 1.93. The Morgan fingerprint density at radius 2 is 2.19 bits per heavy atom. The van der Waals surface area contributed by atoms with Crippen molar-refractivity contribution in [2.45, 2.75) is 32.1 Å². The maximum atomic E-state index is 11.1. The number of carbonyl (C=O) groups is 1. The molecule has 0 spiro atoms. The van der Waals surface area contributed by atoms with Crippen LogP contribution in [0.2, 0.25) is 0 Å². The lowest BCUT2D eigenvalue weighted by Crippen LogP contribution is -2.28. The van der Waals surface area contributed by atoms with Crippen molar-refractivity contribution in [3.05, 3.63) is 35.9 Å². The molecule has 1 saturated heterocycles. The van der Waals surface area contributed by atoms with E-state index in [0.717, 1.165) is 13.0 Å². The van der Waals surface area contributed by atoms with E-state index in [-0.39, 0.29) is 17.9 Å². The molecule has 0 bridgehead atoms. The first kappa shape index (κ1) is 11.3. The first-order valence-electron chi connectivity index (χ1n) is 5.65. The number of hydrogen-bond donors (Lipinski definition) is 1. The van der Waals surface area contributed by atoms with Gasteiger partial charge in [-0.2, -0.15) is 0 Å². The van der Waals surface area contributed by atoms with Crippen LogP contribution < -0.4 is 5.32 Å². The largest absolute Gasteiger partial charge is 0.372 e. The van der Waals surface area contributed by atoms with Crippen LogP contribution in [0.1, 0.15) is 18.9 Å². The molecule has 0 amide bonds. The van der Waals surface area contributed by atoms with Gasteiger partial charge in [-0.15, -0.1) is 0 Å². The van der Waals surface area contributed by atoms with Gasteiger partial charge in [-0.3, -0.25) is 4.79 Å². The minimum Gasteiger partial charge on any atom is -0.372 e. The Morgan fingerprint density at radius 1 is 1.44 bits per heavy atom. The summed E-state index contributed by atoms with van der Waals surface area (Å²) < 4.78 is 5.75. The Morgan fingerprint density at radius 3 is 2.81 bits per heavy atom. The van der Waals surface area contributed by atoms with E-state index in [1.54, 1.807) is 6.92 Å². The van der Waals surface area contributed by atoms with Crippen LogP contribution in [0.3, 0.4) is 0 Å². The minimum absolute atomic E-state index is 0.0132. The fraction of sp³-hybridized carbons (Fsp3) is 0.462. The zero-order valence-corrected chi connectivity index (χ0v) is 9.48. The van der Waals surface area contributed by atoms with Gasteiger partial charge in [0.25, 0.3) is 0 Å². The zero-order chi connectivity index (χ0) is 11.4. The van der Waals surface area contributed by atoms with E-state index < -0.39 is 0 Å². The molecule has 0 aromatic heterocycles. The summed E-state index contributed by atoms with van der Waals surface area (Å²) in [6, 6.07) is 10.1. The molecule has 1 fully saturated rings. The van der Waals surface area contributed by atoms with Crippen molar-refractivity contribution >= 4 is 5.78 Å². The van der Waals surface area contributed by atoms with Crippen LogP contribution in [0.5, 0.6) is 0 Å². The van der Waals surface area contributed by atoms with Crippen LogP contribution in [0.4, 0.5) is 0 Å². The number of nitrogens with one attached hydrogen (secondary N) is 1. The third-order valence-corrected chi connectivity index (χ3v) is 2.91. The van der Waals surface area contributed by atoms with Crippen molar-refractivity contribution < 1.29 is 9.53 Å². The van der Waals surface area contributed by atoms with Gasteiger partial charge in [0, 0.05) is 6.54 Å². The molecule has 2 atom stereocenters. The predicted molar refractivity (Wildman–Crippen MR) is 62.1 cm³/mol. The third-order valence-electron chi connectivity index (χ3n) is 2.91. The maximum Gasteiger partial charge on any atom is 0.146 e. The average Bonchev–Trinajstić information content (AvgIpc) is 2.76. The number of ketones is 1. The van der Waals surface area contributed by atoms with Gasteiger partial charge in [0.15, 0.2) is 0 Å². The highest BCUT2D eigenvalue weighted by Gasteiger charge is 2.27. The Hall–Kier alpha value is -1.19. The molecule has 1 aliphatic heterocycles. The van der Waals surface area contributed by atoms with E-state index in [2.05, 4.69) is 5.32 Å². The molecule has 2 rings (SSSR count). The van der Waals surface area contributed by atoms with Crippen molar-refractivity contribution in [1.82, 2.24) is 5.32 Å². The number of benzene rings is 1. The smallest absolute Gasteiger partial charge is 0.146 e. The summed E-state index contributed by atoms with van der Waals surface area (Å²) in [5, 5.41) is 3.17. The van der Waals surface area contributed by atoms with E-state index >= 15 is 0 Å². The third kappa shape index (κ3) is 2.90. The summed E-state index contributed by atoms with van der Waals surface area (Å²) in [6.07, 6.45) is 0.955. The van der Waals surface area contributed by atoms with Crippen molar-refractivity contribution in [2.24, 2.45) is 0 Å². The molecule has 3 nitrogen and oxygen atoms in total. The van der Waals surface area contributed by atoms with Crippen LogP contribution in [-0.4, -0.2) is 24.5 Å². The summed E-state index contributed by atoms with van der Waals surface area (Å²) in [4.78, 5) is 11.1. The molecule has 1 aliphatic rings. The number of rotatable bonds is 4. The topological polar surface area (TPSA) is 38.3 Å². The van der Waals surface area contributed by atoms with Crippen LogP contribution in [0.15, 0.2) is 30.3 Å². The van der Waals surface area contributed by atoms with Crippen molar-refractivity contribution in [1.29, 1.82) is 0 Å². The second kappa shape index (κ2) is 5.23. The fourth-order valence-corrected chi connectivity index (χ4v) is 1.93. The van der Waals surface area contributed by atoms with Gasteiger partial charge in [-0.1, -0.05) is 30.3 Å². The van der Waals surface area contributed by atoms with Gasteiger partial charge in [0.2, 0.25) is 0 Å². The number of hydrogen-bond acceptors (Lipinski definition) is 3. The first-order valence-corrected chi connectivity index (χ1v) is 5.65. The number of carbonyl (C=O) groups excluding carboxylic acids is 1. The van der Waals surface area contributed by atoms with E-state index in [1.165, 1.54) is 5.56 Å². The average molecular weight is 219 g/mol. The van der Waals surface area contributed by atoms with Gasteiger partial charge >= 0.3 is 0 Å². The first-order chi connectivity index (χ1) is 7.75. The molecule has 86 valence electrons. The lowest BCUT2D eigenvalue weighted by molar-refractivity contribution is -0.118. The van der Waals surface area contributed by atoms with Crippen molar-refractivity contribution in [3.63, 3.8) is 0 Å². The summed E-state index contributed by atoms with van der Waals surface area (Å²) in [6.45, 7) is 3.02. The zero-order valence-electron chi connectivity index (χ0n) is 9.48. The van der Waals surface area contributed by atoms with Crippen LogP contribution in [0, 0.1) is 0 Å². The summed E-state index contributed by atoms with van der Waals surface area (Å²) in [5.41, 5.74) is 1.17. The molecule has 16 heavy (non-hydrogen) atoms. The van der Waals surface area contributed by atoms with Crippen molar-refractivity contribution in [3.8, 4) is 0 Å². The van der Waals surface area contributed by atoms with E-state index in [9.17, 15) is 4.79 Å². The van der Waals surface area contributed by atoms with Gasteiger partial charge in [-0.05, 0) is 18.9 Å². The van der Waals surface area contributed by atoms with Crippen LogP contribution >= 0.6 is 0 Å². The SMILES string of the molecule is CC(=O)[C@@H]1C[C@H](OCc2ccccc2)CN1. The van der Waals surface area contributed by atoms with Crippen LogP contribution in [-0.2, 0) is 16.1 Å². The van der Waals surface area contributed by atoms with E-state index in [1.807, 2.05) is 30.3 Å². The maximum absolute atomic E-state index is 11.1. The standard InChI is InChI=1S/C13H17NO2/c1-10(15)13-7-12(8-14-13)16-9-11-5-3-2-4-6-11/h2-6,12-14H,7-9H2,1H3/t12-,13-/m0/s1. The summed E-state index contributed by atoms with van der Waals surface area (Å²) in [7, 11) is 0. The van der Waals surface area contributed by atoms with Crippen molar-refractivity contribution in [2.75, 3.05) is 6.54 Å². The van der Waals surface area contributed by atoms with Gasteiger partial charge in [0.05, 0.1) is 18.8 Å². The molecule has 1 aromatic rings. The second-order valence-electron chi connectivity index (χ2n) is 4.23. The number of Topliss-reactive ketones (excluding diaryl/α,β-unsaturated/α-hetero) is 1. The quantitative estimate of drug-likeness (QED) is 0.834. The van der Waals surface area contributed by atoms with Gasteiger partial charge < -0.3 is 10.1 Å².